The van der Waals surface area contributed by atoms with Crippen molar-refractivity contribution in [3.63, 3.8) is 0 Å². The predicted molar refractivity (Wildman–Crippen MR) is 148 cm³/mol. The minimum atomic E-state index is -0.308. The number of fused-ring (bicyclic) bond motifs is 8. The van der Waals surface area contributed by atoms with Crippen molar-refractivity contribution in [2.24, 2.45) is 0 Å². The maximum atomic E-state index is 12.2. The first-order chi connectivity index (χ1) is 18.3. The fourth-order valence-corrected chi connectivity index (χ4v) is 6.37. The van der Waals surface area contributed by atoms with Crippen molar-refractivity contribution in [2.75, 3.05) is 0 Å². The number of hydrogen-bond acceptors (Lipinski definition) is 6. The van der Waals surface area contributed by atoms with Gasteiger partial charge in [-0.2, -0.15) is 4.73 Å². The first-order valence-electron chi connectivity index (χ1n) is 13.6. The Morgan fingerprint density at radius 1 is 0.718 bits per heavy atom. The highest BCUT2D eigenvalue weighted by Gasteiger charge is 2.57. The van der Waals surface area contributed by atoms with Gasteiger partial charge in [0.05, 0.1) is 10.9 Å². The first kappa shape index (κ1) is 24.6. The zero-order chi connectivity index (χ0) is 27.6. The van der Waals surface area contributed by atoms with Gasteiger partial charge in [-0.25, -0.2) is 0 Å². The molecule has 4 aliphatic heterocycles. The lowest BCUT2D eigenvalue weighted by atomic mass is 9.93. The third-order valence-electron chi connectivity index (χ3n) is 8.51. The quantitative estimate of drug-likeness (QED) is 0.155. The molecule has 0 aliphatic carbocycles. The Labute approximate surface area is 228 Å². The van der Waals surface area contributed by atoms with E-state index in [4.69, 9.17) is 18.9 Å². The third kappa shape index (κ3) is 3.78. The van der Waals surface area contributed by atoms with E-state index in [1.807, 2.05) is 52.8 Å². The Bertz CT molecular complexity index is 1710. The Hall–Kier alpha value is -3.42. The van der Waals surface area contributed by atoms with Crippen LogP contribution in [0.5, 0.6) is 11.5 Å². The monoisotopic (exact) mass is 526 g/mol. The summed E-state index contributed by atoms with van der Waals surface area (Å²) in [5, 5.41) is 14.4. The number of ether oxygens (including phenoxy) is 4. The Morgan fingerprint density at radius 2 is 1.26 bits per heavy atom. The van der Waals surface area contributed by atoms with Crippen LogP contribution in [0, 0.1) is 32.9 Å². The van der Waals surface area contributed by atoms with E-state index < -0.39 is 0 Å². The molecule has 0 spiro atoms. The Kier molecular flexibility index (Phi) is 4.94. The van der Waals surface area contributed by atoms with Crippen LogP contribution in [0.25, 0.3) is 21.8 Å². The highest BCUT2D eigenvalue weighted by atomic mass is 16.6. The molecular formula is C32H34N2O5. The maximum absolute atomic E-state index is 12.2. The van der Waals surface area contributed by atoms with Crippen LogP contribution < -0.4 is 14.2 Å². The normalized spacial score (nSPS) is 26.2. The molecule has 2 saturated heterocycles. The summed E-state index contributed by atoms with van der Waals surface area (Å²) in [6.45, 7) is 16.3. The molecule has 8 rings (SSSR count). The van der Waals surface area contributed by atoms with Gasteiger partial charge in [0.2, 0.25) is 5.52 Å². The van der Waals surface area contributed by atoms with Gasteiger partial charge in [0.15, 0.2) is 5.69 Å². The molecule has 0 saturated carbocycles. The van der Waals surface area contributed by atoms with Crippen molar-refractivity contribution < 1.29 is 23.7 Å². The fourth-order valence-electron chi connectivity index (χ4n) is 6.37. The molecule has 7 heteroatoms. The SMILES string of the molecule is Cc1cc(C)[n+]([O-])c2cc3c(cc12)OC(C)(C)C1OC31.Cc1cc(C)c2cc3c(cc2n1)C1OC1C(C)(C)O3. The van der Waals surface area contributed by atoms with E-state index in [1.165, 1.54) is 10.9 Å². The molecule has 2 aromatic carbocycles. The molecule has 6 heterocycles. The predicted octanol–water partition coefficient (Wildman–Crippen LogP) is 6.16. The number of aryl methyl sites for hydroxylation is 4. The molecule has 4 aliphatic rings. The molecule has 0 radical (unpaired) electrons. The summed E-state index contributed by atoms with van der Waals surface area (Å²) >= 11 is 0. The van der Waals surface area contributed by atoms with Crippen molar-refractivity contribution in [3.8, 4) is 11.5 Å². The van der Waals surface area contributed by atoms with Crippen LogP contribution in [0.4, 0.5) is 0 Å². The molecule has 2 aromatic heterocycles. The molecule has 202 valence electrons. The minimum Gasteiger partial charge on any atom is -0.618 e. The largest absolute Gasteiger partial charge is 0.618 e. The average Bonchev–Trinajstić information content (AvgIpc) is 3.75. The van der Waals surface area contributed by atoms with E-state index >= 15 is 0 Å². The summed E-state index contributed by atoms with van der Waals surface area (Å²) in [7, 11) is 0. The number of benzene rings is 2. The van der Waals surface area contributed by atoms with Gasteiger partial charge >= 0.3 is 0 Å². The zero-order valence-electron chi connectivity index (χ0n) is 23.7. The smallest absolute Gasteiger partial charge is 0.224 e. The number of hydrogen-bond donors (Lipinski definition) is 0. The number of nitrogens with zero attached hydrogens (tertiary/aromatic N) is 2. The summed E-state index contributed by atoms with van der Waals surface area (Å²) in [4.78, 5) is 4.62. The van der Waals surface area contributed by atoms with Gasteiger partial charge in [0.1, 0.15) is 47.1 Å². The van der Waals surface area contributed by atoms with Gasteiger partial charge in [-0.15, -0.1) is 0 Å². The highest BCUT2D eigenvalue weighted by Crippen LogP contribution is 2.55. The van der Waals surface area contributed by atoms with Gasteiger partial charge in [0.25, 0.3) is 0 Å². The second-order valence-corrected chi connectivity index (χ2v) is 12.5. The van der Waals surface area contributed by atoms with Crippen molar-refractivity contribution in [1.82, 2.24) is 4.98 Å². The first-order valence-corrected chi connectivity index (χ1v) is 13.6. The van der Waals surface area contributed by atoms with Gasteiger partial charge in [0, 0.05) is 41.3 Å². The van der Waals surface area contributed by atoms with E-state index in [-0.39, 0.29) is 35.6 Å². The minimum absolute atomic E-state index is 0.0685. The Morgan fingerprint density at radius 3 is 1.87 bits per heavy atom. The van der Waals surface area contributed by atoms with Gasteiger partial charge in [-0.1, -0.05) is 0 Å². The summed E-state index contributed by atoms with van der Waals surface area (Å²) in [6.07, 6.45) is 0.534. The topological polar surface area (TPSA) is 83.4 Å². The number of pyridine rings is 2. The van der Waals surface area contributed by atoms with Gasteiger partial charge in [-0.3, -0.25) is 4.98 Å². The second kappa shape index (κ2) is 7.83. The van der Waals surface area contributed by atoms with Crippen LogP contribution in [0.2, 0.25) is 0 Å². The molecule has 4 unspecified atom stereocenters. The molecule has 0 amide bonds. The molecular weight excluding hydrogens is 492 g/mol. The third-order valence-corrected chi connectivity index (χ3v) is 8.51. The summed E-state index contributed by atoms with van der Waals surface area (Å²) in [5.41, 5.74) is 7.42. The van der Waals surface area contributed by atoms with Crippen molar-refractivity contribution >= 4 is 21.8 Å². The number of epoxide rings is 2. The van der Waals surface area contributed by atoms with Gasteiger partial charge in [-0.05, 0) is 83.9 Å². The molecule has 0 N–H and O–H groups in total. The lowest BCUT2D eigenvalue weighted by Gasteiger charge is -2.29. The summed E-state index contributed by atoms with van der Waals surface area (Å²) in [5.74, 6) is 1.79. The number of aromatic nitrogens is 2. The fraction of sp³-hybridized carbons (Fsp3) is 0.438. The van der Waals surface area contributed by atoms with E-state index in [2.05, 4.69) is 44.0 Å². The van der Waals surface area contributed by atoms with Crippen LogP contribution >= 0.6 is 0 Å². The van der Waals surface area contributed by atoms with Crippen molar-refractivity contribution in [2.45, 2.75) is 91.0 Å². The van der Waals surface area contributed by atoms with Crippen LogP contribution in [0.3, 0.4) is 0 Å². The highest BCUT2D eigenvalue weighted by molar-refractivity contribution is 5.85. The molecule has 4 aromatic rings. The van der Waals surface area contributed by atoms with Crippen molar-refractivity contribution in [3.05, 3.63) is 75.2 Å². The van der Waals surface area contributed by atoms with Crippen molar-refractivity contribution in [1.29, 1.82) is 0 Å². The lowest BCUT2D eigenvalue weighted by Crippen LogP contribution is -2.38. The average molecular weight is 527 g/mol. The molecule has 2 fully saturated rings. The second-order valence-electron chi connectivity index (χ2n) is 12.5. The molecule has 7 nitrogen and oxygen atoms in total. The van der Waals surface area contributed by atoms with Gasteiger partial charge < -0.3 is 24.2 Å². The number of rotatable bonds is 0. The molecule has 0 bridgehead atoms. The van der Waals surface area contributed by atoms with Crippen LogP contribution in [0.15, 0.2) is 36.4 Å². The standard InChI is InChI=1S/C16H17NO3.C16H17NO2/c1-8-5-9(2)17(18)12-6-11-13(7-10(8)12)20-16(3,4)15-14(11)19-15;1-8-5-9(2)17-12-6-11-13(7-10(8)12)19-16(3,4)15-14(11)18-15/h5-7,14-15H,1-4H3;5-7,14-15H,1-4H3. The molecule has 39 heavy (non-hydrogen) atoms. The van der Waals surface area contributed by atoms with Crippen LogP contribution in [-0.4, -0.2) is 28.4 Å². The van der Waals surface area contributed by atoms with E-state index in [1.54, 1.807) is 0 Å². The van der Waals surface area contributed by atoms with Crippen LogP contribution in [-0.2, 0) is 9.47 Å². The van der Waals surface area contributed by atoms with Crippen LogP contribution in [0.1, 0.15) is 73.5 Å². The van der Waals surface area contributed by atoms with E-state index in [0.29, 0.717) is 11.2 Å². The zero-order valence-corrected chi connectivity index (χ0v) is 23.7. The lowest BCUT2D eigenvalue weighted by molar-refractivity contribution is -0.584. The maximum Gasteiger partial charge on any atom is 0.224 e. The summed E-state index contributed by atoms with van der Waals surface area (Å²) in [6, 6.07) is 12.2. The van der Waals surface area contributed by atoms with E-state index in [9.17, 15) is 5.21 Å². The molecule has 4 atom stereocenters. The summed E-state index contributed by atoms with van der Waals surface area (Å²) < 4.78 is 24.7. The van der Waals surface area contributed by atoms with E-state index in [0.717, 1.165) is 49.5 Å². The Balaban J connectivity index is 0.000000130.